The van der Waals surface area contributed by atoms with Crippen molar-refractivity contribution in [1.82, 2.24) is 5.32 Å². The molecule has 0 aliphatic heterocycles. The molecule has 3 N–H and O–H groups in total. The molecule has 39 heavy (non-hydrogen) atoms. The van der Waals surface area contributed by atoms with E-state index in [0.29, 0.717) is 5.69 Å². The van der Waals surface area contributed by atoms with Gasteiger partial charge in [-0.1, -0.05) is 52.5 Å². The van der Waals surface area contributed by atoms with Crippen LogP contribution in [-0.4, -0.2) is 35.3 Å². The van der Waals surface area contributed by atoms with Crippen molar-refractivity contribution in [2.24, 2.45) is 0 Å². The molecule has 8 nitrogen and oxygen atoms in total. The quantitative estimate of drug-likeness (QED) is 0.238. The molecular formula is C31H40N2O6. The molecule has 2 aromatic carbocycles. The van der Waals surface area contributed by atoms with Crippen molar-refractivity contribution < 1.29 is 29.0 Å². The summed E-state index contributed by atoms with van der Waals surface area (Å²) >= 11 is 0. The molecular weight excluding hydrogens is 496 g/mol. The van der Waals surface area contributed by atoms with E-state index in [0.717, 1.165) is 24.0 Å². The predicted octanol–water partition coefficient (Wildman–Crippen LogP) is 5.69. The predicted molar refractivity (Wildman–Crippen MR) is 151 cm³/mol. The van der Waals surface area contributed by atoms with Gasteiger partial charge in [-0.2, -0.15) is 0 Å². The Hall–Kier alpha value is -3.65. The van der Waals surface area contributed by atoms with E-state index in [-0.39, 0.29) is 28.6 Å². The van der Waals surface area contributed by atoms with Crippen molar-refractivity contribution in [3.05, 3.63) is 77.4 Å². The lowest BCUT2D eigenvalue weighted by Crippen LogP contribution is -2.55. The molecule has 2 amide bonds. The van der Waals surface area contributed by atoms with Crippen LogP contribution in [0.1, 0.15) is 88.4 Å². The van der Waals surface area contributed by atoms with Gasteiger partial charge in [-0.05, 0) is 85.9 Å². The second kappa shape index (κ2) is 10.8. The molecule has 0 fully saturated rings. The van der Waals surface area contributed by atoms with Crippen LogP contribution in [0.2, 0.25) is 0 Å². The lowest BCUT2D eigenvalue weighted by molar-refractivity contribution is -0.138. The molecule has 0 spiro atoms. The van der Waals surface area contributed by atoms with Crippen molar-refractivity contribution >= 4 is 23.7 Å². The fourth-order valence-electron chi connectivity index (χ4n) is 4.65. The van der Waals surface area contributed by atoms with Crippen LogP contribution in [0.3, 0.4) is 0 Å². The topological polar surface area (TPSA) is 114 Å². The van der Waals surface area contributed by atoms with Crippen LogP contribution in [0.4, 0.5) is 10.5 Å². The number of carbonyl (C=O) groups excluding carboxylic acids is 3. The molecule has 1 unspecified atom stereocenters. The lowest BCUT2D eigenvalue weighted by Gasteiger charge is -2.42. The van der Waals surface area contributed by atoms with Crippen LogP contribution >= 0.6 is 0 Å². The molecule has 0 saturated heterocycles. The van der Waals surface area contributed by atoms with Crippen LogP contribution in [0.25, 0.3) is 0 Å². The van der Waals surface area contributed by atoms with Gasteiger partial charge >= 0.3 is 12.1 Å². The zero-order valence-corrected chi connectivity index (χ0v) is 23.9. The second-order valence-electron chi connectivity index (χ2n) is 12.3. The standard InChI is InChI=1S/C31H40N2O6/c1-9-18-38-25(34)20-10-13-22(14-11-20)32-26(35)31(37,33-27(36)39-28(2,3)4)21-12-15-23-24(19-21)30(7,8)17-16-29(23,5)6/h9-15,19,37H,1,16-18H2,2-8H3,(H,32,35)(H,33,36). The molecule has 0 bridgehead atoms. The Morgan fingerprint density at radius 2 is 1.56 bits per heavy atom. The van der Waals surface area contributed by atoms with E-state index in [1.54, 1.807) is 32.9 Å². The zero-order chi connectivity index (χ0) is 29.2. The number of hydrogen-bond acceptors (Lipinski definition) is 6. The highest BCUT2D eigenvalue weighted by Gasteiger charge is 2.44. The van der Waals surface area contributed by atoms with Crippen LogP contribution in [0, 0.1) is 0 Å². The van der Waals surface area contributed by atoms with Gasteiger partial charge < -0.3 is 19.9 Å². The number of hydrogen-bond donors (Lipinski definition) is 3. The van der Waals surface area contributed by atoms with Crippen molar-refractivity contribution in [3.8, 4) is 0 Å². The molecule has 1 atom stereocenters. The van der Waals surface area contributed by atoms with Gasteiger partial charge in [0.05, 0.1) is 5.56 Å². The summed E-state index contributed by atoms with van der Waals surface area (Å²) in [6.07, 6.45) is 2.46. The monoisotopic (exact) mass is 536 g/mol. The number of amides is 2. The molecule has 0 heterocycles. The third kappa shape index (κ3) is 6.87. The number of alkyl carbamates (subject to hydrolysis) is 1. The van der Waals surface area contributed by atoms with E-state index in [1.807, 2.05) is 6.07 Å². The first-order valence-corrected chi connectivity index (χ1v) is 13.1. The third-order valence-corrected chi connectivity index (χ3v) is 6.99. The Labute approximate surface area is 230 Å². The molecule has 210 valence electrons. The SMILES string of the molecule is C=CCOC(=O)c1ccc(NC(=O)C(O)(NC(=O)OC(C)(C)C)c2ccc3c(c2)C(C)(C)CCC3(C)C)cc1. The Morgan fingerprint density at radius 1 is 0.974 bits per heavy atom. The van der Waals surface area contributed by atoms with Crippen LogP contribution in [0.5, 0.6) is 0 Å². The summed E-state index contributed by atoms with van der Waals surface area (Å²) in [6, 6.07) is 11.4. The maximum Gasteiger partial charge on any atom is 0.410 e. The number of nitrogens with one attached hydrogen (secondary N) is 2. The van der Waals surface area contributed by atoms with Crippen molar-refractivity contribution in [2.45, 2.75) is 83.5 Å². The first-order valence-electron chi connectivity index (χ1n) is 13.1. The molecule has 3 rings (SSSR count). The highest BCUT2D eigenvalue weighted by Crippen LogP contribution is 2.46. The van der Waals surface area contributed by atoms with Gasteiger partial charge in [-0.25, -0.2) is 9.59 Å². The second-order valence-corrected chi connectivity index (χ2v) is 12.3. The van der Waals surface area contributed by atoms with Gasteiger partial charge in [0, 0.05) is 11.3 Å². The first kappa shape index (κ1) is 29.9. The Bertz CT molecular complexity index is 1260. The summed E-state index contributed by atoms with van der Waals surface area (Å²) in [5.74, 6) is -1.42. The minimum absolute atomic E-state index is 0.0725. The average molecular weight is 537 g/mol. The van der Waals surface area contributed by atoms with E-state index < -0.39 is 29.3 Å². The van der Waals surface area contributed by atoms with E-state index in [2.05, 4.69) is 44.9 Å². The van der Waals surface area contributed by atoms with E-state index in [4.69, 9.17) is 9.47 Å². The Balaban J connectivity index is 1.99. The van der Waals surface area contributed by atoms with E-state index >= 15 is 0 Å². The minimum Gasteiger partial charge on any atom is -0.458 e. The number of rotatable bonds is 7. The van der Waals surface area contributed by atoms with Gasteiger partial charge in [0.15, 0.2) is 0 Å². The fraction of sp³-hybridized carbons (Fsp3) is 0.452. The molecule has 0 saturated carbocycles. The summed E-state index contributed by atoms with van der Waals surface area (Å²) in [5, 5.41) is 16.9. The highest BCUT2D eigenvalue weighted by molar-refractivity contribution is 6.00. The number of fused-ring (bicyclic) bond motifs is 1. The Kier molecular flexibility index (Phi) is 8.32. The smallest absolute Gasteiger partial charge is 0.410 e. The van der Waals surface area contributed by atoms with Crippen molar-refractivity contribution in [2.75, 3.05) is 11.9 Å². The van der Waals surface area contributed by atoms with Crippen LogP contribution < -0.4 is 10.6 Å². The summed E-state index contributed by atoms with van der Waals surface area (Å²) in [5.41, 5.74) is -0.606. The lowest BCUT2D eigenvalue weighted by atomic mass is 9.63. The largest absolute Gasteiger partial charge is 0.458 e. The van der Waals surface area contributed by atoms with E-state index in [1.165, 1.54) is 30.3 Å². The van der Waals surface area contributed by atoms with Gasteiger partial charge in [0.1, 0.15) is 12.2 Å². The number of ether oxygens (including phenoxy) is 2. The average Bonchev–Trinajstić information content (AvgIpc) is 2.84. The van der Waals surface area contributed by atoms with Crippen LogP contribution in [-0.2, 0) is 30.8 Å². The highest BCUT2D eigenvalue weighted by atomic mass is 16.6. The molecule has 0 aromatic heterocycles. The van der Waals surface area contributed by atoms with E-state index in [9.17, 15) is 19.5 Å². The van der Waals surface area contributed by atoms with Gasteiger partial charge in [0.25, 0.3) is 5.91 Å². The van der Waals surface area contributed by atoms with Crippen molar-refractivity contribution in [1.29, 1.82) is 0 Å². The summed E-state index contributed by atoms with van der Waals surface area (Å²) in [6.45, 7) is 17.3. The number of esters is 1. The zero-order valence-electron chi connectivity index (χ0n) is 23.9. The van der Waals surface area contributed by atoms with Crippen LogP contribution in [0.15, 0.2) is 55.1 Å². The summed E-state index contributed by atoms with van der Waals surface area (Å²) in [4.78, 5) is 38.5. The summed E-state index contributed by atoms with van der Waals surface area (Å²) < 4.78 is 10.4. The van der Waals surface area contributed by atoms with Gasteiger partial charge in [0.2, 0.25) is 5.72 Å². The molecule has 1 aliphatic carbocycles. The van der Waals surface area contributed by atoms with Gasteiger partial charge in [-0.15, -0.1) is 0 Å². The van der Waals surface area contributed by atoms with Gasteiger partial charge in [-0.3, -0.25) is 10.1 Å². The maximum atomic E-state index is 13.6. The minimum atomic E-state index is -2.45. The summed E-state index contributed by atoms with van der Waals surface area (Å²) in [7, 11) is 0. The number of benzene rings is 2. The molecule has 2 aromatic rings. The molecule has 1 aliphatic rings. The maximum absolute atomic E-state index is 13.6. The molecule has 8 heteroatoms. The normalized spacial score (nSPS) is 17.1. The third-order valence-electron chi connectivity index (χ3n) is 6.99. The number of aliphatic hydroxyl groups is 1. The fourth-order valence-corrected chi connectivity index (χ4v) is 4.65. The number of carbonyl (C=O) groups is 3. The first-order chi connectivity index (χ1) is 18.0. The Morgan fingerprint density at radius 3 is 2.13 bits per heavy atom. The molecule has 0 radical (unpaired) electrons. The number of anilines is 1. The van der Waals surface area contributed by atoms with Crippen molar-refractivity contribution in [3.63, 3.8) is 0 Å².